The Labute approximate surface area is 136 Å². The summed E-state index contributed by atoms with van der Waals surface area (Å²) in [4.78, 5) is 0. The van der Waals surface area contributed by atoms with Crippen LogP contribution in [0.5, 0.6) is 0 Å². The van der Waals surface area contributed by atoms with E-state index < -0.39 is 0 Å². The molecule has 2 aliphatic rings. The third kappa shape index (κ3) is 2.85. The predicted molar refractivity (Wildman–Crippen MR) is 96.8 cm³/mol. The van der Waals surface area contributed by atoms with Gasteiger partial charge in [-0.3, -0.25) is 0 Å². The molecule has 2 N–H and O–H groups in total. The maximum Gasteiger partial charge on any atom is 0.0613 e. The molecule has 0 amide bonds. The lowest BCUT2D eigenvalue weighted by Crippen LogP contribution is -2.35. The zero-order valence-corrected chi connectivity index (χ0v) is 14.7. The molecule has 0 radical (unpaired) electrons. The number of hydrogen-bond donors (Lipinski definition) is 2. The molecule has 2 nitrogen and oxygen atoms in total. The van der Waals surface area contributed by atoms with Crippen LogP contribution < -0.4 is 10.6 Å². The van der Waals surface area contributed by atoms with Gasteiger partial charge in [0.15, 0.2) is 0 Å². The van der Waals surface area contributed by atoms with Crippen LogP contribution in [-0.2, 0) is 12.8 Å². The van der Waals surface area contributed by atoms with E-state index in [0.29, 0.717) is 12.1 Å². The monoisotopic (exact) mass is 300 g/mol. The second-order valence-electron chi connectivity index (χ2n) is 7.48. The largest absolute Gasteiger partial charge is 0.380 e. The van der Waals surface area contributed by atoms with Crippen molar-refractivity contribution in [3.8, 4) is 0 Å². The van der Waals surface area contributed by atoms with Crippen LogP contribution in [-0.4, -0.2) is 12.1 Å². The zero-order valence-electron chi connectivity index (χ0n) is 14.7. The summed E-state index contributed by atoms with van der Waals surface area (Å²) in [5.41, 5.74) is 5.86. The molecule has 0 aliphatic carbocycles. The van der Waals surface area contributed by atoms with E-state index in [1.165, 1.54) is 61.0 Å². The van der Waals surface area contributed by atoms with Gasteiger partial charge >= 0.3 is 0 Å². The molecule has 1 aromatic carbocycles. The topological polar surface area (TPSA) is 24.1 Å². The van der Waals surface area contributed by atoms with Crippen molar-refractivity contribution in [1.29, 1.82) is 0 Å². The summed E-state index contributed by atoms with van der Waals surface area (Å²) in [6.07, 6.45) is 7.50. The smallest absolute Gasteiger partial charge is 0.0613 e. The highest BCUT2D eigenvalue weighted by Gasteiger charge is 2.29. The van der Waals surface area contributed by atoms with E-state index in [-0.39, 0.29) is 0 Å². The fourth-order valence-corrected chi connectivity index (χ4v) is 4.00. The van der Waals surface area contributed by atoms with Crippen molar-refractivity contribution in [3.63, 3.8) is 0 Å². The van der Waals surface area contributed by atoms with Gasteiger partial charge < -0.3 is 10.6 Å². The maximum absolute atomic E-state index is 3.89. The Morgan fingerprint density at radius 3 is 1.64 bits per heavy atom. The minimum absolute atomic E-state index is 0.634. The second kappa shape index (κ2) is 6.52. The average molecular weight is 300 g/mol. The summed E-state index contributed by atoms with van der Waals surface area (Å²) in [5, 5.41) is 7.78. The highest BCUT2D eigenvalue weighted by atomic mass is 15.0. The molecule has 0 bridgehead atoms. The van der Waals surface area contributed by atoms with Crippen molar-refractivity contribution in [3.05, 3.63) is 23.3 Å². The summed E-state index contributed by atoms with van der Waals surface area (Å²) >= 11 is 0. The number of benzene rings is 1. The summed E-state index contributed by atoms with van der Waals surface area (Å²) in [6.45, 7) is 9.37. The summed E-state index contributed by atoms with van der Waals surface area (Å²) < 4.78 is 0. The van der Waals surface area contributed by atoms with Crippen molar-refractivity contribution < 1.29 is 0 Å². The SMILES string of the molecule is CCC(C)[C@@H]1CCc2ccc3c(c2N1)N[C@H](C(C)CC)CC3. The first-order valence-electron chi connectivity index (χ1n) is 9.31. The van der Waals surface area contributed by atoms with Crippen LogP contribution in [0.3, 0.4) is 0 Å². The first kappa shape index (κ1) is 15.7. The van der Waals surface area contributed by atoms with Gasteiger partial charge in [-0.15, -0.1) is 0 Å². The van der Waals surface area contributed by atoms with Crippen molar-refractivity contribution in [1.82, 2.24) is 0 Å². The number of anilines is 2. The van der Waals surface area contributed by atoms with E-state index in [2.05, 4.69) is 50.5 Å². The van der Waals surface area contributed by atoms with Gasteiger partial charge in [-0.25, -0.2) is 0 Å². The van der Waals surface area contributed by atoms with Crippen molar-refractivity contribution in [2.24, 2.45) is 11.8 Å². The van der Waals surface area contributed by atoms with Gasteiger partial charge in [-0.1, -0.05) is 52.7 Å². The number of fused-ring (bicyclic) bond motifs is 3. The highest BCUT2D eigenvalue weighted by molar-refractivity contribution is 5.78. The van der Waals surface area contributed by atoms with Crippen molar-refractivity contribution >= 4 is 11.4 Å². The van der Waals surface area contributed by atoms with Crippen molar-refractivity contribution in [2.75, 3.05) is 10.6 Å². The molecule has 2 heterocycles. The van der Waals surface area contributed by atoms with E-state index >= 15 is 0 Å². The Morgan fingerprint density at radius 2 is 1.27 bits per heavy atom. The van der Waals surface area contributed by atoms with Crippen LogP contribution in [0.4, 0.5) is 11.4 Å². The molecule has 122 valence electrons. The molecular formula is C20H32N2. The number of nitrogens with one attached hydrogen (secondary N) is 2. The van der Waals surface area contributed by atoms with Crippen LogP contribution in [0.15, 0.2) is 12.1 Å². The Bertz CT molecular complexity index is 476. The molecule has 3 rings (SSSR count). The predicted octanol–water partition coefficient (Wildman–Crippen LogP) is 5.23. The standard InChI is InChI=1S/C20H32N2/c1-5-13(3)17-11-9-15-7-8-16-10-12-18(14(4)6-2)22-20(16)19(15)21-17/h7-8,13-14,17-18,21-22H,5-6,9-12H2,1-4H3/t13?,14?,17-,18-/m0/s1. The molecule has 1 aromatic rings. The molecule has 2 unspecified atom stereocenters. The number of rotatable bonds is 4. The first-order valence-corrected chi connectivity index (χ1v) is 9.31. The third-order valence-corrected chi connectivity index (χ3v) is 6.15. The normalized spacial score (nSPS) is 26.2. The molecule has 2 heteroatoms. The molecule has 0 saturated carbocycles. The zero-order chi connectivity index (χ0) is 15.7. The van der Waals surface area contributed by atoms with Gasteiger partial charge in [-0.05, 0) is 48.6 Å². The van der Waals surface area contributed by atoms with Crippen LogP contribution in [0.1, 0.15) is 64.5 Å². The summed E-state index contributed by atoms with van der Waals surface area (Å²) in [6, 6.07) is 5.99. The molecule has 0 aromatic heterocycles. The van der Waals surface area contributed by atoms with E-state index in [1.54, 1.807) is 0 Å². The lowest BCUT2D eigenvalue weighted by Gasteiger charge is -2.37. The van der Waals surface area contributed by atoms with E-state index in [4.69, 9.17) is 0 Å². The van der Waals surface area contributed by atoms with Gasteiger partial charge in [0.25, 0.3) is 0 Å². The van der Waals surface area contributed by atoms with E-state index in [9.17, 15) is 0 Å². The quantitative estimate of drug-likeness (QED) is 0.795. The first-order chi connectivity index (χ1) is 10.6. The molecule has 22 heavy (non-hydrogen) atoms. The average Bonchev–Trinajstić information content (AvgIpc) is 2.59. The van der Waals surface area contributed by atoms with Crippen LogP contribution in [0.2, 0.25) is 0 Å². The van der Waals surface area contributed by atoms with Gasteiger partial charge in [-0.2, -0.15) is 0 Å². The minimum Gasteiger partial charge on any atom is -0.380 e. The molecule has 4 atom stereocenters. The van der Waals surface area contributed by atoms with Gasteiger partial charge in [0.05, 0.1) is 11.4 Å². The lowest BCUT2D eigenvalue weighted by atomic mass is 9.84. The molecule has 0 saturated heterocycles. The van der Waals surface area contributed by atoms with Crippen molar-refractivity contribution in [2.45, 2.75) is 78.3 Å². The Hall–Kier alpha value is -1.18. The Balaban J connectivity index is 1.88. The molecule has 0 spiro atoms. The van der Waals surface area contributed by atoms with Gasteiger partial charge in [0.2, 0.25) is 0 Å². The van der Waals surface area contributed by atoms with Gasteiger partial charge in [0, 0.05) is 12.1 Å². The Kier molecular flexibility index (Phi) is 4.65. The summed E-state index contributed by atoms with van der Waals surface area (Å²) in [5.74, 6) is 1.50. The fraction of sp³-hybridized carbons (Fsp3) is 0.700. The molecular weight excluding hydrogens is 268 g/mol. The second-order valence-corrected chi connectivity index (χ2v) is 7.48. The molecule has 2 aliphatic heterocycles. The fourth-order valence-electron chi connectivity index (χ4n) is 4.00. The minimum atomic E-state index is 0.634. The third-order valence-electron chi connectivity index (χ3n) is 6.15. The van der Waals surface area contributed by atoms with Crippen LogP contribution >= 0.6 is 0 Å². The number of aryl methyl sites for hydroxylation is 2. The molecule has 0 fully saturated rings. The maximum atomic E-state index is 3.89. The highest BCUT2D eigenvalue weighted by Crippen LogP contribution is 2.40. The Morgan fingerprint density at radius 1 is 0.864 bits per heavy atom. The van der Waals surface area contributed by atoms with Gasteiger partial charge in [0.1, 0.15) is 0 Å². The van der Waals surface area contributed by atoms with E-state index in [0.717, 1.165) is 11.8 Å². The van der Waals surface area contributed by atoms with Crippen LogP contribution in [0, 0.1) is 11.8 Å². The summed E-state index contributed by atoms with van der Waals surface area (Å²) in [7, 11) is 0. The number of hydrogen-bond acceptors (Lipinski definition) is 2. The van der Waals surface area contributed by atoms with E-state index in [1.807, 2.05) is 0 Å². The lowest BCUT2D eigenvalue weighted by molar-refractivity contribution is 0.430. The van der Waals surface area contributed by atoms with Crippen LogP contribution in [0.25, 0.3) is 0 Å².